The molecule has 0 heterocycles. The molecule has 0 unspecified atom stereocenters. The number of nitrogens with one attached hydrogen (secondary N) is 1. The molecule has 2 aromatic rings. The van der Waals surface area contributed by atoms with Gasteiger partial charge in [-0.3, -0.25) is 4.79 Å². The number of rotatable bonds is 3. The highest BCUT2D eigenvalue weighted by atomic mass is 19.1. The largest absolute Gasteiger partial charge is 0.478 e. The van der Waals surface area contributed by atoms with Gasteiger partial charge >= 0.3 is 5.97 Å². The molecule has 0 aliphatic heterocycles. The Bertz CT molecular complexity index is 709. The van der Waals surface area contributed by atoms with Crippen LogP contribution in [0.1, 0.15) is 26.3 Å². The van der Waals surface area contributed by atoms with Gasteiger partial charge < -0.3 is 10.4 Å². The number of carbonyl (C=O) groups is 2. The average molecular weight is 291 g/mol. The molecule has 2 aromatic carbocycles. The lowest BCUT2D eigenvalue weighted by Crippen LogP contribution is -2.13. The Labute approximate surface area is 119 Å². The number of aromatic carboxylic acids is 1. The third-order valence-corrected chi connectivity index (χ3v) is 2.84. The number of anilines is 1. The number of carboxylic acids is 1. The van der Waals surface area contributed by atoms with Crippen LogP contribution in [0.15, 0.2) is 36.4 Å². The van der Waals surface area contributed by atoms with E-state index in [4.69, 9.17) is 5.11 Å². The Morgan fingerprint density at radius 2 is 1.67 bits per heavy atom. The maximum atomic E-state index is 13.0. The van der Waals surface area contributed by atoms with E-state index < -0.39 is 23.5 Å². The summed E-state index contributed by atoms with van der Waals surface area (Å²) in [5.74, 6) is -3.46. The zero-order chi connectivity index (χ0) is 15.6. The highest BCUT2D eigenvalue weighted by Crippen LogP contribution is 2.17. The van der Waals surface area contributed by atoms with Gasteiger partial charge in [0.25, 0.3) is 5.91 Å². The predicted molar refractivity (Wildman–Crippen MR) is 72.4 cm³/mol. The van der Waals surface area contributed by atoms with Crippen LogP contribution in [0.3, 0.4) is 0 Å². The SMILES string of the molecule is Cc1cc(NC(=O)c2cc(F)cc(F)c2)ccc1C(=O)O. The fourth-order valence-electron chi connectivity index (χ4n) is 1.87. The second kappa shape index (κ2) is 5.70. The molecule has 0 saturated carbocycles. The van der Waals surface area contributed by atoms with Crippen molar-refractivity contribution in [2.45, 2.75) is 6.92 Å². The summed E-state index contributed by atoms with van der Waals surface area (Å²) in [6.07, 6.45) is 0. The van der Waals surface area contributed by atoms with E-state index in [0.717, 1.165) is 12.1 Å². The van der Waals surface area contributed by atoms with Crippen LogP contribution in [0.5, 0.6) is 0 Å². The molecule has 21 heavy (non-hydrogen) atoms. The minimum absolute atomic E-state index is 0.116. The molecular formula is C15H11F2NO3. The van der Waals surface area contributed by atoms with Crippen molar-refractivity contribution < 1.29 is 23.5 Å². The van der Waals surface area contributed by atoms with E-state index in [-0.39, 0.29) is 11.1 Å². The molecule has 0 radical (unpaired) electrons. The van der Waals surface area contributed by atoms with Crippen LogP contribution >= 0.6 is 0 Å². The lowest BCUT2D eigenvalue weighted by atomic mass is 10.1. The van der Waals surface area contributed by atoms with Gasteiger partial charge in [0, 0.05) is 17.3 Å². The van der Waals surface area contributed by atoms with Crippen molar-refractivity contribution >= 4 is 17.6 Å². The summed E-state index contributed by atoms with van der Waals surface area (Å²) in [7, 11) is 0. The third kappa shape index (κ3) is 3.42. The molecule has 108 valence electrons. The van der Waals surface area contributed by atoms with Crippen molar-refractivity contribution in [3.05, 3.63) is 64.7 Å². The first-order chi connectivity index (χ1) is 9.86. The molecule has 0 bridgehead atoms. The number of carbonyl (C=O) groups excluding carboxylic acids is 1. The van der Waals surface area contributed by atoms with Crippen LogP contribution in [0.2, 0.25) is 0 Å². The second-order valence-corrected chi connectivity index (χ2v) is 4.45. The Morgan fingerprint density at radius 1 is 1.05 bits per heavy atom. The molecule has 0 aromatic heterocycles. The summed E-state index contributed by atoms with van der Waals surface area (Å²) in [5.41, 5.74) is 0.759. The first-order valence-corrected chi connectivity index (χ1v) is 5.98. The van der Waals surface area contributed by atoms with Crippen LogP contribution in [0.25, 0.3) is 0 Å². The Kier molecular flexibility index (Phi) is 3.98. The van der Waals surface area contributed by atoms with E-state index in [1.54, 1.807) is 6.92 Å². The van der Waals surface area contributed by atoms with E-state index in [1.165, 1.54) is 18.2 Å². The molecule has 0 aliphatic carbocycles. The molecule has 0 fully saturated rings. The first-order valence-electron chi connectivity index (χ1n) is 5.98. The van der Waals surface area contributed by atoms with Gasteiger partial charge in [0.2, 0.25) is 0 Å². The molecule has 0 aliphatic rings. The number of halogens is 2. The van der Waals surface area contributed by atoms with Gasteiger partial charge in [0.1, 0.15) is 11.6 Å². The van der Waals surface area contributed by atoms with Crippen LogP contribution < -0.4 is 5.32 Å². The van der Waals surface area contributed by atoms with Gasteiger partial charge in [-0.05, 0) is 42.8 Å². The minimum Gasteiger partial charge on any atom is -0.478 e. The van der Waals surface area contributed by atoms with Crippen molar-refractivity contribution in [2.24, 2.45) is 0 Å². The van der Waals surface area contributed by atoms with Crippen LogP contribution in [0.4, 0.5) is 14.5 Å². The van der Waals surface area contributed by atoms with E-state index in [1.807, 2.05) is 0 Å². The second-order valence-electron chi connectivity index (χ2n) is 4.45. The summed E-state index contributed by atoms with van der Waals surface area (Å²) in [6, 6.07) is 6.72. The van der Waals surface area contributed by atoms with Crippen LogP contribution in [0, 0.1) is 18.6 Å². The Balaban J connectivity index is 2.23. The number of aryl methyl sites for hydroxylation is 1. The molecule has 4 nitrogen and oxygen atoms in total. The summed E-state index contributed by atoms with van der Waals surface area (Å²) in [6.45, 7) is 1.58. The summed E-state index contributed by atoms with van der Waals surface area (Å²) in [5, 5.41) is 11.4. The van der Waals surface area contributed by atoms with Crippen molar-refractivity contribution in [3.8, 4) is 0 Å². The van der Waals surface area contributed by atoms with Crippen LogP contribution in [-0.4, -0.2) is 17.0 Å². The molecule has 2 N–H and O–H groups in total. The maximum absolute atomic E-state index is 13.0. The number of amides is 1. The Morgan fingerprint density at radius 3 is 2.19 bits per heavy atom. The quantitative estimate of drug-likeness (QED) is 0.912. The van der Waals surface area contributed by atoms with Crippen molar-refractivity contribution in [3.63, 3.8) is 0 Å². The van der Waals surface area contributed by atoms with Gasteiger partial charge in [0.05, 0.1) is 5.56 Å². The average Bonchev–Trinajstić information content (AvgIpc) is 2.37. The van der Waals surface area contributed by atoms with Gasteiger partial charge in [-0.15, -0.1) is 0 Å². The number of hydrogen-bond acceptors (Lipinski definition) is 2. The van der Waals surface area contributed by atoms with Crippen LogP contribution in [-0.2, 0) is 0 Å². The molecule has 1 amide bonds. The lowest BCUT2D eigenvalue weighted by molar-refractivity contribution is 0.0696. The fraction of sp³-hybridized carbons (Fsp3) is 0.0667. The van der Waals surface area contributed by atoms with Gasteiger partial charge in [-0.25, -0.2) is 13.6 Å². The molecule has 0 saturated heterocycles. The monoisotopic (exact) mass is 291 g/mol. The Hall–Kier alpha value is -2.76. The topological polar surface area (TPSA) is 66.4 Å². The third-order valence-electron chi connectivity index (χ3n) is 2.84. The van der Waals surface area contributed by atoms with Crippen molar-refractivity contribution in [2.75, 3.05) is 5.32 Å². The summed E-state index contributed by atoms with van der Waals surface area (Å²) in [4.78, 5) is 22.8. The molecule has 2 rings (SSSR count). The lowest BCUT2D eigenvalue weighted by Gasteiger charge is -2.08. The minimum atomic E-state index is -1.07. The number of benzene rings is 2. The maximum Gasteiger partial charge on any atom is 0.335 e. The van der Waals surface area contributed by atoms with Crippen molar-refractivity contribution in [1.82, 2.24) is 0 Å². The normalized spacial score (nSPS) is 10.2. The van der Waals surface area contributed by atoms with Gasteiger partial charge in [-0.1, -0.05) is 0 Å². The van der Waals surface area contributed by atoms with E-state index in [9.17, 15) is 18.4 Å². The summed E-state index contributed by atoms with van der Waals surface area (Å²) < 4.78 is 26.1. The molecule has 0 atom stereocenters. The molecule has 6 heteroatoms. The van der Waals surface area contributed by atoms with E-state index in [2.05, 4.69) is 5.32 Å². The fourth-order valence-corrected chi connectivity index (χ4v) is 1.87. The smallest absolute Gasteiger partial charge is 0.335 e. The molecular weight excluding hydrogens is 280 g/mol. The zero-order valence-corrected chi connectivity index (χ0v) is 11.0. The van der Waals surface area contributed by atoms with Crippen molar-refractivity contribution in [1.29, 1.82) is 0 Å². The van der Waals surface area contributed by atoms with Gasteiger partial charge in [-0.2, -0.15) is 0 Å². The predicted octanol–water partition coefficient (Wildman–Crippen LogP) is 3.22. The number of carboxylic acid groups (broad SMARTS) is 1. The van der Waals surface area contributed by atoms with E-state index >= 15 is 0 Å². The molecule has 0 spiro atoms. The highest BCUT2D eigenvalue weighted by Gasteiger charge is 2.11. The zero-order valence-electron chi connectivity index (χ0n) is 11.0. The highest BCUT2D eigenvalue weighted by molar-refractivity contribution is 6.04. The van der Waals surface area contributed by atoms with Gasteiger partial charge in [0.15, 0.2) is 0 Å². The first kappa shape index (κ1) is 14.6. The summed E-state index contributed by atoms with van der Waals surface area (Å²) >= 11 is 0. The standard InChI is InChI=1S/C15H11F2NO3/c1-8-4-12(2-3-13(8)15(20)21)18-14(19)9-5-10(16)7-11(17)6-9/h2-7H,1H3,(H,18,19)(H,20,21). The number of hydrogen-bond donors (Lipinski definition) is 2. The van der Waals surface area contributed by atoms with E-state index in [0.29, 0.717) is 17.3 Å².